The van der Waals surface area contributed by atoms with Gasteiger partial charge in [-0.2, -0.15) is 0 Å². The molecule has 5 rings (SSSR count). The van der Waals surface area contributed by atoms with Crippen LogP contribution in [0.4, 0.5) is 5.95 Å². The fourth-order valence-corrected chi connectivity index (χ4v) is 5.79. The van der Waals surface area contributed by atoms with Gasteiger partial charge in [0.05, 0.1) is 16.9 Å². The van der Waals surface area contributed by atoms with E-state index in [-0.39, 0.29) is 42.3 Å². The molecule has 0 radical (unpaired) electrons. The number of carbonyl (C=O) groups is 3. The van der Waals surface area contributed by atoms with Crippen molar-refractivity contribution in [1.29, 1.82) is 0 Å². The predicted molar refractivity (Wildman–Crippen MR) is 147 cm³/mol. The Hall–Kier alpha value is -3.24. The first-order chi connectivity index (χ1) is 18.8. The molecule has 2 aromatic rings. The molecule has 0 aliphatic carbocycles. The minimum absolute atomic E-state index is 0.0240. The lowest BCUT2D eigenvalue weighted by Gasteiger charge is -2.35. The van der Waals surface area contributed by atoms with Crippen LogP contribution in [0, 0.1) is 5.92 Å². The van der Waals surface area contributed by atoms with E-state index in [4.69, 9.17) is 16.3 Å². The molecule has 4 heterocycles. The van der Waals surface area contributed by atoms with E-state index in [9.17, 15) is 14.4 Å². The standard InChI is InChI=1S/C28H35ClN6O4/c1-17(20-4-3-9-34(14-20)18(2)36)31-25(37)16-35-15-21-6-5-19(12-23(21)27(35)38)26-24(29)13-30-28(33-26)32-22-7-10-39-11-8-22/h5-6,12-13,17,20,22H,3-4,7-11,14-16H2,1-2H3,(H,31,37)(H,30,32,33)/t17?,20-/m1/s1. The van der Waals surface area contributed by atoms with Crippen molar-refractivity contribution >= 4 is 35.3 Å². The van der Waals surface area contributed by atoms with Crippen molar-refractivity contribution < 1.29 is 19.1 Å². The predicted octanol–water partition coefficient (Wildman–Crippen LogP) is 3.11. The number of fused-ring (bicyclic) bond motifs is 1. The Balaban J connectivity index is 1.22. The maximum atomic E-state index is 13.2. The average molecular weight is 555 g/mol. The number of ether oxygens (including phenoxy) is 1. The molecule has 3 aliphatic heterocycles. The average Bonchev–Trinajstić information content (AvgIpc) is 3.24. The van der Waals surface area contributed by atoms with Gasteiger partial charge in [0.25, 0.3) is 5.91 Å². The Bertz CT molecular complexity index is 1250. The highest BCUT2D eigenvalue weighted by atomic mass is 35.5. The molecule has 11 heteroatoms. The number of likely N-dealkylation sites (tertiary alicyclic amines) is 1. The van der Waals surface area contributed by atoms with Crippen LogP contribution < -0.4 is 10.6 Å². The summed E-state index contributed by atoms with van der Waals surface area (Å²) < 4.78 is 5.42. The third-order valence-corrected chi connectivity index (χ3v) is 8.17. The van der Waals surface area contributed by atoms with Crippen LogP contribution in [0.5, 0.6) is 0 Å². The summed E-state index contributed by atoms with van der Waals surface area (Å²) in [6.45, 7) is 6.71. The molecule has 2 fully saturated rings. The van der Waals surface area contributed by atoms with Crippen molar-refractivity contribution in [3.8, 4) is 11.3 Å². The van der Waals surface area contributed by atoms with Gasteiger partial charge in [-0.25, -0.2) is 9.97 Å². The fraction of sp³-hybridized carbons (Fsp3) is 0.536. The molecule has 0 spiro atoms. The van der Waals surface area contributed by atoms with E-state index in [0.717, 1.165) is 43.4 Å². The van der Waals surface area contributed by atoms with Gasteiger partial charge in [-0.3, -0.25) is 14.4 Å². The third-order valence-electron chi connectivity index (χ3n) is 7.89. The summed E-state index contributed by atoms with van der Waals surface area (Å²) in [6.07, 6.45) is 5.22. The topological polar surface area (TPSA) is 117 Å². The molecule has 1 unspecified atom stereocenters. The summed E-state index contributed by atoms with van der Waals surface area (Å²) in [5.74, 6) is 0.356. The first-order valence-corrected chi connectivity index (χ1v) is 14.0. The number of aromatic nitrogens is 2. The second kappa shape index (κ2) is 11.9. The normalized spacial score (nSPS) is 20.5. The van der Waals surface area contributed by atoms with Crippen molar-refractivity contribution in [2.75, 3.05) is 38.2 Å². The second-order valence-corrected chi connectivity index (χ2v) is 11.1. The maximum absolute atomic E-state index is 13.2. The molecule has 3 aliphatic rings. The minimum atomic E-state index is -0.202. The summed E-state index contributed by atoms with van der Waals surface area (Å²) in [5, 5.41) is 6.80. The number of piperidine rings is 1. The maximum Gasteiger partial charge on any atom is 0.254 e. The van der Waals surface area contributed by atoms with Crippen molar-refractivity contribution in [2.45, 2.75) is 58.2 Å². The first kappa shape index (κ1) is 27.3. The highest BCUT2D eigenvalue weighted by molar-refractivity contribution is 6.33. The molecule has 2 N–H and O–H groups in total. The number of halogens is 1. The second-order valence-electron chi connectivity index (χ2n) is 10.7. The molecule has 2 saturated heterocycles. The zero-order valence-corrected chi connectivity index (χ0v) is 23.2. The quantitative estimate of drug-likeness (QED) is 0.540. The van der Waals surface area contributed by atoms with Crippen LogP contribution in [0.1, 0.15) is 55.5 Å². The highest BCUT2D eigenvalue weighted by Gasteiger charge is 2.31. The fourth-order valence-electron chi connectivity index (χ4n) is 5.59. The zero-order valence-electron chi connectivity index (χ0n) is 22.4. The summed E-state index contributed by atoms with van der Waals surface area (Å²) in [5.41, 5.74) is 2.68. The van der Waals surface area contributed by atoms with Crippen molar-refractivity contribution in [3.63, 3.8) is 0 Å². The molecular formula is C28H35ClN6O4. The van der Waals surface area contributed by atoms with E-state index in [1.807, 2.05) is 24.0 Å². The molecule has 0 bridgehead atoms. The molecule has 208 valence electrons. The summed E-state index contributed by atoms with van der Waals surface area (Å²) in [7, 11) is 0. The van der Waals surface area contributed by atoms with Crippen molar-refractivity contribution in [1.82, 2.24) is 25.1 Å². The van der Waals surface area contributed by atoms with Crippen LogP contribution in [-0.4, -0.2) is 82.4 Å². The number of carbonyl (C=O) groups excluding carboxylic acids is 3. The Morgan fingerprint density at radius 2 is 2.03 bits per heavy atom. The van der Waals surface area contributed by atoms with Crippen LogP contribution in [-0.2, 0) is 20.9 Å². The third kappa shape index (κ3) is 6.33. The van der Waals surface area contributed by atoms with Gasteiger partial charge < -0.3 is 25.2 Å². The molecule has 2 atom stereocenters. The molecular weight excluding hydrogens is 520 g/mol. The van der Waals surface area contributed by atoms with E-state index < -0.39 is 0 Å². The van der Waals surface area contributed by atoms with Gasteiger partial charge >= 0.3 is 0 Å². The van der Waals surface area contributed by atoms with Gasteiger partial charge in [-0.05, 0) is 50.2 Å². The smallest absolute Gasteiger partial charge is 0.254 e. The van der Waals surface area contributed by atoms with Crippen LogP contribution in [0.2, 0.25) is 5.02 Å². The van der Waals surface area contributed by atoms with Crippen LogP contribution in [0.15, 0.2) is 24.4 Å². The van der Waals surface area contributed by atoms with Gasteiger partial charge in [0.15, 0.2) is 0 Å². The van der Waals surface area contributed by atoms with Crippen molar-refractivity contribution in [3.05, 3.63) is 40.5 Å². The number of anilines is 1. The largest absolute Gasteiger partial charge is 0.381 e. The first-order valence-electron chi connectivity index (χ1n) is 13.6. The van der Waals surface area contributed by atoms with E-state index in [2.05, 4.69) is 20.6 Å². The highest BCUT2D eigenvalue weighted by Crippen LogP contribution is 2.32. The van der Waals surface area contributed by atoms with E-state index in [0.29, 0.717) is 48.5 Å². The number of hydrogen-bond acceptors (Lipinski definition) is 7. The number of benzene rings is 1. The Labute approximate surface area is 233 Å². The Morgan fingerprint density at radius 3 is 2.79 bits per heavy atom. The van der Waals surface area contributed by atoms with Gasteiger partial charge in [0.1, 0.15) is 6.54 Å². The monoisotopic (exact) mass is 554 g/mol. The SMILES string of the molecule is CC(=O)N1CCC[C@@H](C(C)NC(=O)CN2Cc3ccc(-c4nc(NC5CCOCC5)ncc4Cl)cc3C2=O)C1. The summed E-state index contributed by atoms with van der Waals surface area (Å²) in [6, 6.07) is 5.74. The zero-order chi connectivity index (χ0) is 27.5. The molecule has 10 nitrogen and oxygen atoms in total. The number of nitrogens with zero attached hydrogens (tertiary/aromatic N) is 4. The van der Waals surface area contributed by atoms with Gasteiger partial charge in [0, 0.05) is 63.0 Å². The molecule has 0 saturated carbocycles. The number of nitrogens with one attached hydrogen (secondary N) is 2. The van der Waals surface area contributed by atoms with Crippen LogP contribution >= 0.6 is 11.6 Å². The minimum Gasteiger partial charge on any atom is -0.381 e. The van der Waals surface area contributed by atoms with Crippen LogP contribution in [0.3, 0.4) is 0 Å². The Kier molecular flexibility index (Phi) is 8.32. The molecule has 39 heavy (non-hydrogen) atoms. The van der Waals surface area contributed by atoms with Crippen molar-refractivity contribution in [2.24, 2.45) is 5.92 Å². The Morgan fingerprint density at radius 1 is 1.23 bits per heavy atom. The van der Waals surface area contributed by atoms with E-state index in [1.54, 1.807) is 24.1 Å². The van der Waals surface area contributed by atoms with E-state index >= 15 is 0 Å². The molecule has 1 aromatic heterocycles. The van der Waals surface area contributed by atoms with E-state index in [1.165, 1.54) is 0 Å². The summed E-state index contributed by atoms with van der Waals surface area (Å²) >= 11 is 6.45. The van der Waals surface area contributed by atoms with Gasteiger partial charge in [0.2, 0.25) is 17.8 Å². The number of amides is 3. The molecule has 3 amide bonds. The number of hydrogen-bond donors (Lipinski definition) is 2. The van der Waals surface area contributed by atoms with Crippen LogP contribution in [0.25, 0.3) is 11.3 Å². The summed E-state index contributed by atoms with van der Waals surface area (Å²) in [4.78, 5) is 50.2. The van der Waals surface area contributed by atoms with Gasteiger partial charge in [-0.15, -0.1) is 0 Å². The van der Waals surface area contributed by atoms with Gasteiger partial charge in [-0.1, -0.05) is 23.7 Å². The lowest BCUT2D eigenvalue weighted by Crippen LogP contribution is -2.49. The lowest BCUT2D eigenvalue weighted by molar-refractivity contribution is -0.130. The molecule has 1 aromatic carbocycles. The lowest BCUT2D eigenvalue weighted by atomic mass is 9.91. The number of rotatable bonds is 7.